The van der Waals surface area contributed by atoms with Gasteiger partial charge < -0.3 is 21.3 Å². The zero-order chi connectivity index (χ0) is 28.4. The monoisotopic (exact) mass is 528 g/mol. The number of hydrogen-bond donors (Lipinski definition) is 4. The number of rotatable bonds is 14. The number of hydrogen-bond acceptors (Lipinski definition) is 8. The summed E-state index contributed by atoms with van der Waals surface area (Å²) >= 11 is 0. The van der Waals surface area contributed by atoms with E-state index in [0.717, 1.165) is 34.1 Å². The van der Waals surface area contributed by atoms with Gasteiger partial charge in [0.2, 0.25) is 23.6 Å². The van der Waals surface area contributed by atoms with Gasteiger partial charge in [-0.05, 0) is 5.92 Å². The molecule has 4 N–H and O–H groups in total. The van der Waals surface area contributed by atoms with Crippen LogP contribution in [0.2, 0.25) is 0 Å². The number of amides is 8. The third-order valence-corrected chi connectivity index (χ3v) is 5.15. The van der Waals surface area contributed by atoms with Crippen LogP contribution in [0.25, 0.3) is 0 Å². The Kier molecular flexibility index (Phi) is 10.4. The van der Waals surface area contributed by atoms with E-state index in [2.05, 4.69) is 34.4 Å². The summed E-state index contributed by atoms with van der Waals surface area (Å²) in [6.45, 7) is 8.46. The quantitative estimate of drug-likeness (QED) is 0.195. The molecular weight excluding hydrogens is 500 g/mol. The normalized spacial score (nSPS) is 14.3. The topological polar surface area (TPSA) is 191 Å². The van der Waals surface area contributed by atoms with Crippen LogP contribution in [0.3, 0.4) is 0 Å². The number of carbonyl (C=O) groups excluding carboxylic acids is 8. The van der Waals surface area contributed by atoms with Crippen LogP contribution in [-0.4, -0.2) is 70.1 Å². The SMILES string of the molecule is C=C(NC(=O)CCN1C(=O)C=CC1=O)NC(=O)CC(C)CC(=O)NC(=C)NC(=O)CCN1C(=O)C=CC1=O. The minimum Gasteiger partial charge on any atom is -0.313 e. The minimum absolute atomic E-state index is 0.0878. The lowest BCUT2D eigenvalue weighted by atomic mass is 10.0. The lowest BCUT2D eigenvalue weighted by Gasteiger charge is -2.16. The molecule has 0 fully saturated rings. The molecule has 8 amide bonds. The fourth-order valence-corrected chi connectivity index (χ4v) is 3.40. The highest BCUT2D eigenvalue weighted by Gasteiger charge is 2.25. The van der Waals surface area contributed by atoms with E-state index < -0.39 is 53.2 Å². The molecule has 0 aromatic heterocycles. The van der Waals surface area contributed by atoms with Crippen LogP contribution in [0.1, 0.15) is 32.6 Å². The smallest absolute Gasteiger partial charge is 0.253 e. The van der Waals surface area contributed by atoms with E-state index in [9.17, 15) is 38.4 Å². The third kappa shape index (κ3) is 9.29. The van der Waals surface area contributed by atoms with Crippen LogP contribution < -0.4 is 21.3 Å². The summed E-state index contributed by atoms with van der Waals surface area (Å²) in [6, 6.07) is 0. The molecule has 2 rings (SSSR count). The maximum absolute atomic E-state index is 12.2. The van der Waals surface area contributed by atoms with E-state index in [4.69, 9.17) is 0 Å². The van der Waals surface area contributed by atoms with Crippen LogP contribution >= 0.6 is 0 Å². The van der Waals surface area contributed by atoms with Gasteiger partial charge in [0, 0.05) is 63.1 Å². The molecular formula is C24H28N6O8. The first-order chi connectivity index (χ1) is 17.8. The van der Waals surface area contributed by atoms with Gasteiger partial charge in [0.15, 0.2) is 0 Å². The van der Waals surface area contributed by atoms with Crippen molar-refractivity contribution in [3.8, 4) is 0 Å². The second-order valence-electron chi connectivity index (χ2n) is 8.49. The van der Waals surface area contributed by atoms with Gasteiger partial charge in [0.1, 0.15) is 11.6 Å². The van der Waals surface area contributed by atoms with Crippen molar-refractivity contribution in [2.45, 2.75) is 32.6 Å². The van der Waals surface area contributed by atoms with E-state index in [1.807, 2.05) is 0 Å². The first-order valence-electron chi connectivity index (χ1n) is 11.5. The van der Waals surface area contributed by atoms with Crippen molar-refractivity contribution in [1.82, 2.24) is 31.1 Å². The number of imide groups is 2. The van der Waals surface area contributed by atoms with Crippen LogP contribution in [-0.2, 0) is 38.4 Å². The molecule has 0 atom stereocenters. The molecule has 0 bridgehead atoms. The maximum atomic E-state index is 12.2. The first-order valence-corrected chi connectivity index (χ1v) is 11.5. The van der Waals surface area contributed by atoms with Crippen molar-refractivity contribution < 1.29 is 38.4 Å². The van der Waals surface area contributed by atoms with Crippen LogP contribution in [0.15, 0.2) is 49.1 Å². The fourth-order valence-electron chi connectivity index (χ4n) is 3.40. The van der Waals surface area contributed by atoms with E-state index in [1.165, 1.54) is 0 Å². The van der Waals surface area contributed by atoms with Crippen molar-refractivity contribution in [2.75, 3.05) is 13.1 Å². The van der Waals surface area contributed by atoms with Crippen molar-refractivity contribution in [3.63, 3.8) is 0 Å². The second kappa shape index (κ2) is 13.4. The van der Waals surface area contributed by atoms with E-state index >= 15 is 0 Å². The molecule has 2 heterocycles. The van der Waals surface area contributed by atoms with Gasteiger partial charge in [-0.1, -0.05) is 20.1 Å². The van der Waals surface area contributed by atoms with Gasteiger partial charge in [0.05, 0.1) is 0 Å². The maximum Gasteiger partial charge on any atom is 0.253 e. The van der Waals surface area contributed by atoms with E-state index in [1.54, 1.807) is 6.92 Å². The molecule has 0 aromatic rings. The van der Waals surface area contributed by atoms with Gasteiger partial charge in [-0.25, -0.2) is 0 Å². The lowest BCUT2D eigenvalue weighted by molar-refractivity contribution is -0.139. The molecule has 0 aliphatic carbocycles. The zero-order valence-electron chi connectivity index (χ0n) is 20.7. The molecule has 0 unspecified atom stereocenters. The molecule has 0 saturated carbocycles. The first kappa shape index (κ1) is 29.4. The largest absolute Gasteiger partial charge is 0.313 e. The highest BCUT2D eigenvalue weighted by atomic mass is 16.2. The highest BCUT2D eigenvalue weighted by molar-refractivity contribution is 6.13. The number of nitrogens with zero attached hydrogens (tertiary/aromatic N) is 2. The van der Waals surface area contributed by atoms with Crippen LogP contribution in [0.5, 0.6) is 0 Å². The Morgan fingerprint density at radius 3 is 1.24 bits per heavy atom. The van der Waals surface area contributed by atoms with Crippen molar-refractivity contribution in [3.05, 3.63) is 49.1 Å². The minimum atomic E-state index is -0.564. The predicted molar refractivity (Wildman–Crippen MR) is 130 cm³/mol. The zero-order valence-corrected chi connectivity index (χ0v) is 20.7. The highest BCUT2D eigenvalue weighted by Crippen LogP contribution is 2.08. The van der Waals surface area contributed by atoms with Gasteiger partial charge in [-0.3, -0.25) is 48.2 Å². The average Bonchev–Trinajstić information content (AvgIpc) is 3.29. The lowest BCUT2D eigenvalue weighted by Crippen LogP contribution is -2.39. The molecule has 14 nitrogen and oxygen atoms in total. The molecule has 14 heteroatoms. The molecule has 38 heavy (non-hydrogen) atoms. The molecule has 0 radical (unpaired) electrons. The van der Waals surface area contributed by atoms with Gasteiger partial charge in [-0.2, -0.15) is 0 Å². The Hall–Kier alpha value is -4.88. The Balaban J connectivity index is 1.62. The molecule has 0 saturated heterocycles. The summed E-state index contributed by atoms with van der Waals surface area (Å²) in [5.41, 5.74) is 0. The van der Waals surface area contributed by atoms with Crippen molar-refractivity contribution in [2.24, 2.45) is 5.92 Å². The average molecular weight is 529 g/mol. The molecule has 202 valence electrons. The molecule has 0 aromatic carbocycles. The summed E-state index contributed by atoms with van der Waals surface area (Å²) in [6.07, 6.45) is 3.88. The van der Waals surface area contributed by atoms with Gasteiger partial charge in [0.25, 0.3) is 23.6 Å². The van der Waals surface area contributed by atoms with Crippen LogP contribution in [0.4, 0.5) is 0 Å². The summed E-state index contributed by atoms with van der Waals surface area (Å²) in [7, 11) is 0. The Morgan fingerprint density at radius 1 is 0.632 bits per heavy atom. The molecule has 2 aliphatic rings. The molecule has 2 aliphatic heterocycles. The van der Waals surface area contributed by atoms with Gasteiger partial charge in [-0.15, -0.1) is 0 Å². The van der Waals surface area contributed by atoms with Gasteiger partial charge >= 0.3 is 0 Å². The Labute approximate surface area is 217 Å². The summed E-state index contributed by atoms with van der Waals surface area (Å²) < 4.78 is 0. The van der Waals surface area contributed by atoms with E-state index in [0.29, 0.717) is 0 Å². The summed E-state index contributed by atoms with van der Waals surface area (Å²) in [5, 5.41) is 9.46. The number of carbonyl (C=O) groups is 8. The van der Waals surface area contributed by atoms with E-state index in [-0.39, 0.29) is 50.4 Å². The summed E-state index contributed by atoms with van der Waals surface area (Å²) in [4.78, 5) is 96.0. The van der Waals surface area contributed by atoms with Crippen molar-refractivity contribution in [1.29, 1.82) is 0 Å². The van der Waals surface area contributed by atoms with Crippen molar-refractivity contribution >= 4 is 47.3 Å². The summed E-state index contributed by atoms with van der Waals surface area (Å²) in [5.74, 6) is -4.83. The predicted octanol–water partition coefficient (Wildman–Crippen LogP) is -1.56. The second-order valence-corrected chi connectivity index (χ2v) is 8.49. The Bertz CT molecular complexity index is 1030. The third-order valence-electron chi connectivity index (χ3n) is 5.15. The molecule has 0 spiro atoms. The fraction of sp³-hybridized carbons (Fsp3) is 0.333. The van der Waals surface area contributed by atoms with Crippen LogP contribution in [0, 0.1) is 5.92 Å². The standard InChI is InChI=1S/C24H28N6O8/c1-14(12-19(33)27-15(2)25-17(31)8-10-29-21(35)4-5-22(29)36)13-20(34)28-16(3)26-18(32)9-11-30-23(37)6-7-24(30)38/h4-7,14H,2-3,8-13H2,1H3,(H,25,31)(H,26,32)(H,27,33)(H,28,34). The Morgan fingerprint density at radius 2 is 0.921 bits per heavy atom. The number of nitrogens with one attached hydrogen (secondary N) is 4.